The van der Waals surface area contributed by atoms with Crippen LogP contribution in [-0.2, 0) is 20.9 Å². The van der Waals surface area contributed by atoms with Crippen LogP contribution in [0.15, 0.2) is 101 Å². The summed E-state index contributed by atoms with van der Waals surface area (Å²) >= 11 is 0. The quantitative estimate of drug-likeness (QED) is 0.327. The maximum absolute atomic E-state index is 13.8. The summed E-state index contributed by atoms with van der Waals surface area (Å²) < 4.78 is 17.5. The van der Waals surface area contributed by atoms with E-state index in [1.165, 1.54) is 0 Å². The Kier molecular flexibility index (Phi) is 8.06. The minimum absolute atomic E-state index is 0.0262. The molecule has 0 bridgehead atoms. The zero-order chi connectivity index (χ0) is 28.2. The first-order valence-corrected chi connectivity index (χ1v) is 13.7. The van der Waals surface area contributed by atoms with Gasteiger partial charge in [0.2, 0.25) is 0 Å². The Morgan fingerprint density at radius 1 is 0.925 bits per heavy atom. The maximum atomic E-state index is 13.8. The van der Waals surface area contributed by atoms with Crippen molar-refractivity contribution in [2.24, 2.45) is 0 Å². The van der Waals surface area contributed by atoms with Gasteiger partial charge in [-0.05, 0) is 61.9 Å². The second kappa shape index (κ2) is 11.8. The van der Waals surface area contributed by atoms with Gasteiger partial charge in [0.15, 0.2) is 17.3 Å². The van der Waals surface area contributed by atoms with Crippen LogP contribution >= 0.6 is 0 Å². The number of carbonyl (C=O) groups excluding carboxylic acids is 2. The van der Waals surface area contributed by atoms with Gasteiger partial charge in [0.05, 0.1) is 18.8 Å². The van der Waals surface area contributed by atoms with Gasteiger partial charge in [-0.3, -0.25) is 4.79 Å². The van der Waals surface area contributed by atoms with Gasteiger partial charge in [-0.2, -0.15) is 0 Å². The highest BCUT2D eigenvalue weighted by molar-refractivity contribution is 6.04. The third-order valence-corrected chi connectivity index (χ3v) is 7.42. The number of rotatable bonds is 8. The molecule has 1 heterocycles. The van der Waals surface area contributed by atoms with E-state index in [0.29, 0.717) is 47.8 Å². The van der Waals surface area contributed by atoms with Gasteiger partial charge in [0.25, 0.3) is 0 Å². The van der Waals surface area contributed by atoms with E-state index < -0.39 is 11.9 Å². The summed E-state index contributed by atoms with van der Waals surface area (Å²) in [6.45, 7) is 5.91. The van der Waals surface area contributed by atoms with Gasteiger partial charge in [0.1, 0.15) is 6.61 Å². The number of allylic oxidation sites excluding steroid dienone is 3. The van der Waals surface area contributed by atoms with Crippen molar-refractivity contribution in [3.63, 3.8) is 0 Å². The lowest BCUT2D eigenvalue weighted by atomic mass is 9.71. The number of dihydropyridines is 1. The van der Waals surface area contributed by atoms with Crippen LogP contribution in [0.5, 0.6) is 11.5 Å². The Balaban J connectivity index is 1.54. The largest absolute Gasteiger partial charge is 0.493 e. The molecule has 6 heteroatoms. The second-order valence-electron chi connectivity index (χ2n) is 10.6. The summed E-state index contributed by atoms with van der Waals surface area (Å²) in [6, 6.07) is 25.6. The third-order valence-electron chi connectivity index (χ3n) is 7.42. The molecule has 2 atom stereocenters. The number of nitrogens with one attached hydrogen (secondary N) is 1. The summed E-state index contributed by atoms with van der Waals surface area (Å²) in [4.78, 5) is 27.3. The van der Waals surface area contributed by atoms with E-state index in [-0.39, 0.29) is 17.8 Å². The van der Waals surface area contributed by atoms with Gasteiger partial charge in [-0.1, -0.05) is 66.7 Å². The minimum Gasteiger partial charge on any atom is -0.493 e. The molecule has 1 aliphatic carbocycles. The molecule has 0 fully saturated rings. The van der Waals surface area contributed by atoms with Crippen molar-refractivity contribution in [3.05, 3.63) is 118 Å². The molecule has 1 N–H and O–H groups in total. The molecule has 0 saturated carbocycles. The Morgan fingerprint density at radius 3 is 2.30 bits per heavy atom. The molecule has 40 heavy (non-hydrogen) atoms. The van der Waals surface area contributed by atoms with Crippen LogP contribution in [0.4, 0.5) is 0 Å². The molecular formula is C34H35NO5. The zero-order valence-corrected chi connectivity index (χ0v) is 23.4. The molecule has 206 valence electrons. The van der Waals surface area contributed by atoms with E-state index in [2.05, 4.69) is 17.4 Å². The summed E-state index contributed by atoms with van der Waals surface area (Å²) in [6.07, 6.45) is 0.764. The van der Waals surface area contributed by atoms with E-state index in [4.69, 9.17) is 14.2 Å². The van der Waals surface area contributed by atoms with Crippen molar-refractivity contribution < 1.29 is 23.8 Å². The summed E-state index contributed by atoms with van der Waals surface area (Å²) in [5.74, 6) is 0.207. The van der Waals surface area contributed by atoms with E-state index >= 15 is 0 Å². The maximum Gasteiger partial charge on any atom is 0.337 e. The Labute approximate surface area is 235 Å². The van der Waals surface area contributed by atoms with Crippen LogP contribution in [-0.4, -0.2) is 25.0 Å². The van der Waals surface area contributed by atoms with E-state index in [1.807, 2.05) is 87.5 Å². The fourth-order valence-electron chi connectivity index (χ4n) is 5.60. The number of ether oxygens (including phenoxy) is 3. The molecule has 0 spiro atoms. The molecule has 3 aromatic carbocycles. The first-order chi connectivity index (χ1) is 19.4. The number of hydrogen-bond donors (Lipinski definition) is 1. The first-order valence-electron chi connectivity index (χ1n) is 13.7. The highest BCUT2D eigenvalue weighted by atomic mass is 16.5. The summed E-state index contributed by atoms with van der Waals surface area (Å²) in [5, 5.41) is 3.41. The number of benzene rings is 3. The smallest absolute Gasteiger partial charge is 0.337 e. The lowest BCUT2D eigenvalue weighted by Gasteiger charge is -2.37. The number of ketones is 1. The number of hydrogen-bond acceptors (Lipinski definition) is 6. The molecular weight excluding hydrogens is 502 g/mol. The van der Waals surface area contributed by atoms with Crippen molar-refractivity contribution in [2.45, 2.75) is 58.2 Å². The molecule has 0 saturated heterocycles. The summed E-state index contributed by atoms with van der Waals surface area (Å²) in [7, 11) is 1.59. The van der Waals surface area contributed by atoms with Gasteiger partial charge < -0.3 is 19.5 Å². The van der Waals surface area contributed by atoms with Crippen LogP contribution in [0.25, 0.3) is 0 Å². The normalized spacial score (nSPS) is 18.8. The number of methoxy groups -OCH3 is 1. The van der Waals surface area contributed by atoms with Gasteiger partial charge in [-0.15, -0.1) is 0 Å². The SMILES string of the molecule is COc1cc([C@@H]2C(C(=O)OC(C)C)=C(C)NC3=C2C(=O)C[C@@H](c2ccccc2)C3)ccc1OCc1ccccc1. The fourth-order valence-corrected chi connectivity index (χ4v) is 5.60. The van der Waals surface area contributed by atoms with Crippen LogP contribution in [0.2, 0.25) is 0 Å². The molecule has 1 aliphatic heterocycles. The van der Waals surface area contributed by atoms with Gasteiger partial charge in [-0.25, -0.2) is 4.79 Å². The van der Waals surface area contributed by atoms with Crippen molar-refractivity contribution in [3.8, 4) is 11.5 Å². The summed E-state index contributed by atoms with van der Waals surface area (Å²) in [5.41, 5.74) is 5.57. The molecule has 2 aliphatic rings. The van der Waals surface area contributed by atoms with Crippen LogP contribution in [0.1, 0.15) is 62.1 Å². The predicted octanol–water partition coefficient (Wildman–Crippen LogP) is 6.59. The lowest BCUT2D eigenvalue weighted by molar-refractivity contribution is -0.143. The van der Waals surface area contributed by atoms with E-state index in [9.17, 15) is 9.59 Å². The molecule has 0 amide bonds. The number of esters is 1. The van der Waals surface area contributed by atoms with Crippen LogP contribution < -0.4 is 14.8 Å². The fraction of sp³-hybridized carbons (Fsp3) is 0.294. The lowest BCUT2D eigenvalue weighted by Crippen LogP contribution is -2.36. The molecule has 6 nitrogen and oxygen atoms in total. The third kappa shape index (κ3) is 5.67. The minimum atomic E-state index is -0.580. The topological polar surface area (TPSA) is 73.9 Å². The molecule has 3 aromatic rings. The van der Waals surface area contributed by atoms with Crippen LogP contribution in [0.3, 0.4) is 0 Å². The molecule has 0 unspecified atom stereocenters. The van der Waals surface area contributed by atoms with Crippen LogP contribution in [0, 0.1) is 0 Å². The highest BCUT2D eigenvalue weighted by Crippen LogP contribution is 2.47. The van der Waals surface area contributed by atoms with Crippen molar-refractivity contribution in [2.75, 3.05) is 7.11 Å². The van der Waals surface area contributed by atoms with Gasteiger partial charge in [0, 0.05) is 29.3 Å². The molecule has 0 radical (unpaired) electrons. The molecule has 0 aromatic heterocycles. The molecule has 5 rings (SSSR count). The average molecular weight is 538 g/mol. The second-order valence-corrected chi connectivity index (χ2v) is 10.6. The number of Topliss-reactive ketones (excluding diaryl/α,β-unsaturated/α-hetero) is 1. The van der Waals surface area contributed by atoms with Crippen molar-refractivity contribution in [1.29, 1.82) is 0 Å². The first kappa shape index (κ1) is 27.3. The van der Waals surface area contributed by atoms with Gasteiger partial charge >= 0.3 is 5.97 Å². The Morgan fingerprint density at radius 2 is 1.62 bits per heavy atom. The average Bonchev–Trinajstić information content (AvgIpc) is 2.95. The standard InChI is InChI=1S/C34H35NO5/c1-21(2)40-34(37)31-22(3)35-27-17-26(24-13-9-6-10-14-24)18-28(36)33(27)32(31)25-15-16-29(30(19-25)38-4)39-20-23-11-7-5-8-12-23/h5-16,19,21,26,32,35H,17-18,20H2,1-4H3/t26-,32+/m0/s1. The van der Waals surface area contributed by atoms with Crippen molar-refractivity contribution in [1.82, 2.24) is 5.32 Å². The van der Waals surface area contributed by atoms with E-state index in [1.54, 1.807) is 7.11 Å². The Hall–Kier alpha value is -4.32. The van der Waals surface area contributed by atoms with Crippen molar-refractivity contribution >= 4 is 11.8 Å². The zero-order valence-electron chi connectivity index (χ0n) is 23.4. The van der Waals surface area contributed by atoms with E-state index in [0.717, 1.165) is 22.4 Å². The number of carbonyl (C=O) groups is 2. The predicted molar refractivity (Wildman–Crippen MR) is 154 cm³/mol. The highest BCUT2D eigenvalue weighted by Gasteiger charge is 2.41. The monoisotopic (exact) mass is 537 g/mol. The Bertz CT molecular complexity index is 1460.